The summed E-state index contributed by atoms with van der Waals surface area (Å²) >= 11 is 0. The molecule has 1 aromatic carbocycles. The molecule has 5 heteroatoms. The maximum atomic E-state index is 11.9. The van der Waals surface area contributed by atoms with Crippen molar-refractivity contribution >= 4 is 11.8 Å². The molecule has 0 saturated carbocycles. The normalized spacial score (nSPS) is 22.6. The minimum atomic E-state index is -0.302. The molecule has 2 amide bonds. The average Bonchev–Trinajstić information content (AvgIpc) is 2.44. The fraction of sp³-hybridized carbons (Fsp3) is 0.500. The Balaban J connectivity index is 1.76. The quantitative estimate of drug-likeness (QED) is 0.827. The van der Waals surface area contributed by atoms with Gasteiger partial charge >= 0.3 is 0 Å². The highest BCUT2D eigenvalue weighted by atomic mass is 16.2. The summed E-state index contributed by atoms with van der Waals surface area (Å²) in [5.41, 5.74) is 5.45. The molecule has 0 bridgehead atoms. The summed E-state index contributed by atoms with van der Waals surface area (Å²) in [6, 6.07) is 8.82. The molecule has 2 N–H and O–H groups in total. The molecule has 0 aromatic heterocycles. The molecule has 5 nitrogen and oxygen atoms in total. The van der Waals surface area contributed by atoms with Crippen molar-refractivity contribution in [3.05, 3.63) is 35.9 Å². The Morgan fingerprint density at radius 3 is 2.33 bits per heavy atom. The van der Waals surface area contributed by atoms with E-state index in [2.05, 4.69) is 29.6 Å². The van der Waals surface area contributed by atoms with Crippen LogP contribution in [-0.4, -0.2) is 36.3 Å². The number of nitrogens with one attached hydrogen (secondary N) is 2. The Labute approximate surface area is 125 Å². The molecular formula is C16H23N3O2. The largest absolute Gasteiger partial charge is 0.294 e. The van der Waals surface area contributed by atoms with Crippen molar-refractivity contribution < 1.29 is 9.59 Å². The van der Waals surface area contributed by atoms with Gasteiger partial charge in [0.25, 0.3) is 11.8 Å². The predicted molar refractivity (Wildman–Crippen MR) is 81.4 cm³/mol. The van der Waals surface area contributed by atoms with Crippen molar-refractivity contribution in [2.24, 2.45) is 11.8 Å². The third-order valence-corrected chi connectivity index (χ3v) is 3.66. The van der Waals surface area contributed by atoms with Gasteiger partial charge < -0.3 is 0 Å². The number of benzene rings is 1. The van der Waals surface area contributed by atoms with Crippen LogP contribution in [0.4, 0.5) is 0 Å². The van der Waals surface area contributed by atoms with Gasteiger partial charge in [0.2, 0.25) is 0 Å². The number of rotatable bonds is 3. The molecule has 114 valence electrons. The fourth-order valence-corrected chi connectivity index (χ4v) is 2.95. The predicted octanol–water partition coefficient (Wildman–Crippen LogP) is 1.43. The number of hydrogen-bond acceptors (Lipinski definition) is 3. The molecule has 21 heavy (non-hydrogen) atoms. The van der Waals surface area contributed by atoms with E-state index < -0.39 is 0 Å². The third-order valence-electron chi connectivity index (χ3n) is 3.66. The standard InChI is InChI=1S/C16H23N3O2/c1-12-8-13(2)10-19(9-12)11-15(20)17-18-16(21)14-6-4-3-5-7-14/h3-7,12-13H,8-11H2,1-2H3,(H,17,20)(H,18,21)/t12-,13-/m0/s1. The average molecular weight is 289 g/mol. The van der Waals surface area contributed by atoms with Crippen molar-refractivity contribution in [2.75, 3.05) is 19.6 Å². The van der Waals surface area contributed by atoms with E-state index in [1.54, 1.807) is 24.3 Å². The first-order valence-electron chi connectivity index (χ1n) is 7.41. The number of hydrazine groups is 1. The smallest absolute Gasteiger partial charge is 0.269 e. The number of nitrogens with zero attached hydrogens (tertiary/aromatic N) is 1. The minimum absolute atomic E-state index is 0.180. The lowest BCUT2D eigenvalue weighted by Gasteiger charge is -2.34. The van der Waals surface area contributed by atoms with Gasteiger partial charge in [-0.25, -0.2) is 0 Å². The Bertz CT molecular complexity index is 480. The molecule has 0 aliphatic carbocycles. The Morgan fingerprint density at radius 1 is 1.10 bits per heavy atom. The summed E-state index contributed by atoms with van der Waals surface area (Å²) in [6.45, 7) is 6.61. The molecule has 1 fully saturated rings. The summed E-state index contributed by atoms with van der Waals surface area (Å²) in [5.74, 6) is 0.742. The number of piperidine rings is 1. The minimum Gasteiger partial charge on any atom is -0.294 e. The van der Waals surface area contributed by atoms with Gasteiger partial charge in [-0.1, -0.05) is 32.0 Å². The van der Waals surface area contributed by atoms with E-state index in [0.29, 0.717) is 23.9 Å². The highest BCUT2D eigenvalue weighted by Gasteiger charge is 2.23. The molecule has 2 rings (SSSR count). The van der Waals surface area contributed by atoms with Crippen LogP contribution in [0.25, 0.3) is 0 Å². The van der Waals surface area contributed by atoms with Crippen LogP contribution in [0.1, 0.15) is 30.6 Å². The maximum absolute atomic E-state index is 11.9. The van der Waals surface area contributed by atoms with Crippen LogP contribution in [0, 0.1) is 11.8 Å². The van der Waals surface area contributed by atoms with E-state index in [1.807, 2.05) is 6.07 Å². The van der Waals surface area contributed by atoms with E-state index in [9.17, 15) is 9.59 Å². The van der Waals surface area contributed by atoms with E-state index in [0.717, 1.165) is 13.1 Å². The van der Waals surface area contributed by atoms with Crippen LogP contribution >= 0.6 is 0 Å². The highest BCUT2D eigenvalue weighted by molar-refractivity contribution is 5.95. The second kappa shape index (κ2) is 7.22. The SMILES string of the molecule is C[C@H]1C[C@H](C)CN(CC(=O)NNC(=O)c2ccccc2)C1. The van der Waals surface area contributed by atoms with Gasteiger partial charge in [0.05, 0.1) is 6.54 Å². The van der Waals surface area contributed by atoms with Crippen LogP contribution in [0.3, 0.4) is 0 Å². The zero-order valence-corrected chi connectivity index (χ0v) is 12.6. The van der Waals surface area contributed by atoms with Gasteiger partial charge in [0, 0.05) is 18.7 Å². The number of carbonyl (C=O) groups excluding carboxylic acids is 2. The van der Waals surface area contributed by atoms with Crippen LogP contribution < -0.4 is 10.9 Å². The first kappa shape index (κ1) is 15.5. The summed E-state index contributed by atoms with van der Waals surface area (Å²) in [5, 5.41) is 0. The number of hydrogen-bond donors (Lipinski definition) is 2. The summed E-state index contributed by atoms with van der Waals surface area (Å²) in [4.78, 5) is 25.8. The molecule has 1 aliphatic rings. The summed E-state index contributed by atoms with van der Waals surface area (Å²) in [7, 11) is 0. The fourth-order valence-electron chi connectivity index (χ4n) is 2.95. The van der Waals surface area contributed by atoms with Gasteiger partial charge in [-0.3, -0.25) is 25.3 Å². The van der Waals surface area contributed by atoms with E-state index >= 15 is 0 Å². The molecule has 1 heterocycles. The van der Waals surface area contributed by atoms with Crippen molar-refractivity contribution in [3.8, 4) is 0 Å². The number of carbonyl (C=O) groups is 2. The van der Waals surface area contributed by atoms with Crippen molar-refractivity contribution in [1.82, 2.24) is 15.8 Å². The van der Waals surface area contributed by atoms with Crippen LogP contribution in [0.15, 0.2) is 30.3 Å². The van der Waals surface area contributed by atoms with Gasteiger partial charge in [-0.2, -0.15) is 0 Å². The Kier molecular flexibility index (Phi) is 5.33. The lowest BCUT2D eigenvalue weighted by molar-refractivity contribution is -0.123. The zero-order chi connectivity index (χ0) is 15.2. The van der Waals surface area contributed by atoms with Crippen molar-refractivity contribution in [2.45, 2.75) is 20.3 Å². The molecule has 2 atom stereocenters. The lowest BCUT2D eigenvalue weighted by atomic mass is 9.92. The van der Waals surface area contributed by atoms with Gasteiger partial charge in [0.15, 0.2) is 0 Å². The topological polar surface area (TPSA) is 61.4 Å². The lowest BCUT2D eigenvalue weighted by Crippen LogP contribution is -2.49. The van der Waals surface area contributed by atoms with Crippen molar-refractivity contribution in [3.63, 3.8) is 0 Å². The van der Waals surface area contributed by atoms with Gasteiger partial charge in [-0.05, 0) is 30.4 Å². The molecular weight excluding hydrogens is 266 g/mol. The van der Waals surface area contributed by atoms with Crippen molar-refractivity contribution in [1.29, 1.82) is 0 Å². The molecule has 0 spiro atoms. The maximum Gasteiger partial charge on any atom is 0.269 e. The highest BCUT2D eigenvalue weighted by Crippen LogP contribution is 2.20. The van der Waals surface area contributed by atoms with E-state index in [-0.39, 0.29) is 11.8 Å². The van der Waals surface area contributed by atoms with Gasteiger partial charge in [0.1, 0.15) is 0 Å². The van der Waals surface area contributed by atoms with Crippen LogP contribution in [0.5, 0.6) is 0 Å². The zero-order valence-electron chi connectivity index (χ0n) is 12.6. The first-order chi connectivity index (χ1) is 10.0. The molecule has 1 saturated heterocycles. The van der Waals surface area contributed by atoms with E-state index in [4.69, 9.17) is 0 Å². The monoisotopic (exact) mass is 289 g/mol. The third kappa shape index (κ3) is 4.86. The molecule has 1 aromatic rings. The number of amides is 2. The summed E-state index contributed by atoms with van der Waals surface area (Å²) < 4.78 is 0. The van der Waals surface area contributed by atoms with Gasteiger partial charge in [-0.15, -0.1) is 0 Å². The second-order valence-corrected chi connectivity index (χ2v) is 6.01. The second-order valence-electron chi connectivity index (χ2n) is 6.01. The molecule has 0 unspecified atom stereocenters. The Morgan fingerprint density at radius 2 is 1.71 bits per heavy atom. The van der Waals surface area contributed by atoms with Crippen LogP contribution in [0.2, 0.25) is 0 Å². The van der Waals surface area contributed by atoms with E-state index in [1.165, 1.54) is 6.42 Å². The van der Waals surface area contributed by atoms with Crippen LogP contribution in [-0.2, 0) is 4.79 Å². The summed E-state index contributed by atoms with van der Waals surface area (Å²) in [6.07, 6.45) is 1.21. The number of likely N-dealkylation sites (tertiary alicyclic amines) is 1. The molecule has 1 aliphatic heterocycles. The Hall–Kier alpha value is -1.88. The first-order valence-corrected chi connectivity index (χ1v) is 7.41. The molecule has 0 radical (unpaired) electrons.